The van der Waals surface area contributed by atoms with Gasteiger partial charge in [-0.25, -0.2) is 8.78 Å². The van der Waals surface area contributed by atoms with E-state index in [1.807, 2.05) is 0 Å². The largest absolute Gasteiger partial charge is 0.388 e. The predicted octanol–water partition coefficient (Wildman–Crippen LogP) is 6.91. The second-order valence-corrected chi connectivity index (χ2v) is 11.5. The van der Waals surface area contributed by atoms with Gasteiger partial charge >= 0.3 is 0 Å². The first kappa shape index (κ1) is 24.1. The smallest absolute Gasteiger partial charge is 0.249 e. The molecule has 0 bridgehead atoms. The van der Waals surface area contributed by atoms with E-state index in [2.05, 4.69) is 30.6 Å². The van der Waals surface area contributed by atoms with Crippen LogP contribution in [0, 0.1) is 23.2 Å². The van der Waals surface area contributed by atoms with Crippen LogP contribution in [0.4, 0.5) is 8.78 Å². The Morgan fingerprint density at radius 3 is 2.72 bits per heavy atom. The number of alkyl halides is 2. The number of aliphatic hydroxyl groups is 1. The van der Waals surface area contributed by atoms with Crippen LogP contribution in [-0.2, 0) is 0 Å². The third kappa shape index (κ3) is 5.22. The maximum Gasteiger partial charge on any atom is 0.249 e. The standard InChI is InChI=1S/C28H43F2NO/c1-20-8-9-21(18-26(20)32)10-11-22-6-4-15-27(2)23(12-13-25(22)27)14-17-31-16-5-7-24(19-31)28(3,29)30/h10-11,23-26,32H,1,4-9,12-19H2,2-3H3/b21-10-,22-11+/t23-,24?,25?,26?,27?/m1/s1. The lowest BCUT2D eigenvalue weighted by atomic mass is 9.63. The molecular formula is C28H43F2NO. The van der Waals surface area contributed by atoms with Crippen LogP contribution in [0.3, 0.4) is 0 Å². The van der Waals surface area contributed by atoms with Crippen LogP contribution < -0.4 is 0 Å². The fourth-order valence-electron chi connectivity index (χ4n) is 7.19. The van der Waals surface area contributed by atoms with Crippen molar-refractivity contribution >= 4 is 0 Å². The quantitative estimate of drug-likeness (QED) is 0.463. The summed E-state index contributed by atoms with van der Waals surface area (Å²) in [5.74, 6) is -1.67. The first-order valence-electron chi connectivity index (χ1n) is 13.0. The highest BCUT2D eigenvalue weighted by atomic mass is 19.3. The molecule has 0 aromatic heterocycles. The van der Waals surface area contributed by atoms with Crippen LogP contribution in [0.15, 0.2) is 35.5 Å². The number of hydrogen-bond donors (Lipinski definition) is 1. The molecule has 4 fully saturated rings. The summed E-state index contributed by atoms with van der Waals surface area (Å²) >= 11 is 0. The van der Waals surface area contributed by atoms with E-state index in [9.17, 15) is 13.9 Å². The molecule has 3 aliphatic carbocycles. The summed E-state index contributed by atoms with van der Waals surface area (Å²) in [4.78, 5) is 2.31. The van der Waals surface area contributed by atoms with Gasteiger partial charge in [-0.15, -0.1) is 0 Å². The molecular weight excluding hydrogens is 404 g/mol. The SMILES string of the molecule is C=C1CC/C(=C/C=C2\CCCC3(C)C2CC[C@@H]3CCN2CCCC(C(C)(F)F)C2)CC1O. The number of allylic oxidation sites excluding steroid dienone is 3. The number of likely N-dealkylation sites (tertiary alicyclic amines) is 1. The summed E-state index contributed by atoms with van der Waals surface area (Å²) in [5.41, 5.74) is 4.29. The molecule has 0 amide bonds. The van der Waals surface area contributed by atoms with Crippen molar-refractivity contribution in [3.63, 3.8) is 0 Å². The normalized spacial score (nSPS) is 39.6. The van der Waals surface area contributed by atoms with Gasteiger partial charge in [0.1, 0.15) is 0 Å². The van der Waals surface area contributed by atoms with Gasteiger partial charge in [-0.3, -0.25) is 0 Å². The van der Waals surface area contributed by atoms with Crippen molar-refractivity contribution in [1.82, 2.24) is 4.90 Å². The first-order chi connectivity index (χ1) is 15.2. The zero-order chi connectivity index (χ0) is 22.9. The molecule has 2 nitrogen and oxygen atoms in total. The summed E-state index contributed by atoms with van der Waals surface area (Å²) in [7, 11) is 0. The Labute approximate surface area is 193 Å². The van der Waals surface area contributed by atoms with E-state index in [0.717, 1.165) is 57.7 Å². The molecule has 0 aromatic carbocycles. The lowest BCUT2D eigenvalue weighted by molar-refractivity contribution is -0.0671. The molecule has 0 aromatic rings. The highest BCUT2D eigenvalue weighted by molar-refractivity contribution is 5.27. The monoisotopic (exact) mass is 447 g/mol. The Bertz CT molecular complexity index is 751. The average Bonchev–Trinajstić information content (AvgIpc) is 3.09. The van der Waals surface area contributed by atoms with Gasteiger partial charge < -0.3 is 10.0 Å². The van der Waals surface area contributed by atoms with Gasteiger partial charge in [-0.1, -0.05) is 36.8 Å². The molecule has 0 spiro atoms. The van der Waals surface area contributed by atoms with Crippen LogP contribution >= 0.6 is 0 Å². The van der Waals surface area contributed by atoms with E-state index >= 15 is 0 Å². The lowest BCUT2D eigenvalue weighted by Crippen LogP contribution is -2.43. The van der Waals surface area contributed by atoms with Gasteiger partial charge in [0.05, 0.1) is 6.10 Å². The average molecular weight is 448 g/mol. The summed E-state index contributed by atoms with van der Waals surface area (Å²) in [6, 6.07) is 0. The van der Waals surface area contributed by atoms with E-state index in [1.165, 1.54) is 37.7 Å². The van der Waals surface area contributed by atoms with Crippen molar-refractivity contribution in [2.75, 3.05) is 19.6 Å². The second kappa shape index (κ2) is 9.70. The van der Waals surface area contributed by atoms with Gasteiger partial charge in [-0.2, -0.15) is 0 Å². The molecule has 3 saturated carbocycles. The zero-order valence-electron chi connectivity index (χ0n) is 20.2. The van der Waals surface area contributed by atoms with Crippen LogP contribution in [0.5, 0.6) is 0 Å². The fourth-order valence-corrected chi connectivity index (χ4v) is 7.19. The van der Waals surface area contributed by atoms with Crippen molar-refractivity contribution in [3.8, 4) is 0 Å². The van der Waals surface area contributed by atoms with Crippen LogP contribution in [0.1, 0.15) is 84.5 Å². The van der Waals surface area contributed by atoms with Gasteiger partial charge in [-0.05, 0) is 113 Å². The Morgan fingerprint density at radius 1 is 1.16 bits per heavy atom. The van der Waals surface area contributed by atoms with Crippen molar-refractivity contribution in [2.45, 2.75) is 96.5 Å². The molecule has 1 aliphatic heterocycles. The minimum Gasteiger partial charge on any atom is -0.388 e. The topological polar surface area (TPSA) is 23.5 Å². The molecule has 4 rings (SSSR count). The molecule has 5 atom stereocenters. The maximum absolute atomic E-state index is 13.8. The number of halogens is 2. The van der Waals surface area contributed by atoms with Crippen LogP contribution in [0.25, 0.3) is 0 Å². The van der Waals surface area contributed by atoms with E-state index < -0.39 is 11.8 Å². The first-order valence-corrected chi connectivity index (χ1v) is 13.0. The third-order valence-corrected chi connectivity index (χ3v) is 9.40. The third-order valence-electron chi connectivity index (χ3n) is 9.40. The number of piperidine rings is 1. The van der Waals surface area contributed by atoms with E-state index in [1.54, 1.807) is 5.57 Å². The Morgan fingerprint density at radius 2 is 1.97 bits per heavy atom. The predicted molar refractivity (Wildman–Crippen MR) is 128 cm³/mol. The fraction of sp³-hybridized carbons (Fsp3) is 0.786. The molecule has 1 N–H and O–H groups in total. The summed E-state index contributed by atoms with van der Waals surface area (Å²) in [6.07, 6.45) is 16.0. The number of fused-ring (bicyclic) bond motifs is 1. The molecule has 0 radical (unpaired) electrons. The summed E-state index contributed by atoms with van der Waals surface area (Å²) in [5, 5.41) is 10.1. The minimum atomic E-state index is -2.55. The Balaban J connectivity index is 1.37. The van der Waals surface area contributed by atoms with Crippen molar-refractivity contribution in [3.05, 3.63) is 35.5 Å². The number of rotatable bonds is 5. The van der Waals surface area contributed by atoms with Gasteiger partial charge in [0.15, 0.2) is 0 Å². The highest BCUT2D eigenvalue weighted by Gasteiger charge is 2.49. The molecule has 4 unspecified atom stereocenters. The maximum atomic E-state index is 13.8. The molecule has 180 valence electrons. The minimum absolute atomic E-state index is 0.354. The number of nitrogens with zero attached hydrogens (tertiary/aromatic N) is 1. The zero-order valence-corrected chi connectivity index (χ0v) is 20.2. The lowest BCUT2D eigenvalue weighted by Gasteiger charge is -2.43. The van der Waals surface area contributed by atoms with Crippen molar-refractivity contribution in [1.29, 1.82) is 0 Å². The van der Waals surface area contributed by atoms with E-state index in [4.69, 9.17) is 0 Å². The Hall–Kier alpha value is -1.00. The highest BCUT2D eigenvalue weighted by Crippen LogP contribution is 2.58. The molecule has 1 saturated heterocycles. The van der Waals surface area contributed by atoms with Crippen LogP contribution in [0.2, 0.25) is 0 Å². The van der Waals surface area contributed by atoms with E-state index in [0.29, 0.717) is 30.2 Å². The van der Waals surface area contributed by atoms with Crippen molar-refractivity contribution < 1.29 is 13.9 Å². The number of hydrogen-bond acceptors (Lipinski definition) is 2. The summed E-state index contributed by atoms with van der Waals surface area (Å²) in [6.45, 7) is 10.1. The van der Waals surface area contributed by atoms with Gasteiger partial charge in [0, 0.05) is 12.5 Å². The van der Waals surface area contributed by atoms with Gasteiger partial charge in [0.25, 0.3) is 0 Å². The van der Waals surface area contributed by atoms with E-state index in [-0.39, 0.29) is 6.10 Å². The molecule has 1 heterocycles. The molecule has 32 heavy (non-hydrogen) atoms. The molecule has 4 aliphatic rings. The summed E-state index contributed by atoms with van der Waals surface area (Å²) < 4.78 is 27.7. The Kier molecular flexibility index (Phi) is 7.32. The second-order valence-electron chi connectivity index (χ2n) is 11.5. The molecule has 4 heteroatoms. The van der Waals surface area contributed by atoms with Gasteiger partial charge in [0.2, 0.25) is 5.92 Å². The van der Waals surface area contributed by atoms with Crippen molar-refractivity contribution in [2.24, 2.45) is 23.2 Å². The number of aliphatic hydroxyl groups excluding tert-OH is 1. The van der Waals surface area contributed by atoms with Crippen LogP contribution in [-0.4, -0.2) is 41.7 Å².